The molecule has 1 fully saturated rings. The lowest BCUT2D eigenvalue weighted by molar-refractivity contribution is 0.00539. The van der Waals surface area contributed by atoms with E-state index in [0.29, 0.717) is 17.9 Å². The van der Waals surface area contributed by atoms with Gasteiger partial charge in [-0.15, -0.1) is 0 Å². The topological polar surface area (TPSA) is 49.8 Å². The van der Waals surface area contributed by atoms with Crippen LogP contribution < -0.4 is 4.74 Å². The highest BCUT2D eigenvalue weighted by Crippen LogP contribution is 2.43. The van der Waals surface area contributed by atoms with Gasteiger partial charge in [0.1, 0.15) is 18.5 Å². The molecule has 0 spiro atoms. The summed E-state index contributed by atoms with van der Waals surface area (Å²) < 4.78 is 6.03. The van der Waals surface area contributed by atoms with Crippen molar-refractivity contribution in [3.05, 3.63) is 53.6 Å². The Bertz CT molecular complexity index is 900. The summed E-state index contributed by atoms with van der Waals surface area (Å²) in [5.41, 5.74) is 3.30. The molecule has 2 aliphatic rings. The van der Waals surface area contributed by atoms with Gasteiger partial charge in [-0.3, -0.25) is 9.69 Å². The van der Waals surface area contributed by atoms with Crippen LogP contribution in [-0.4, -0.2) is 46.1 Å². The number of carbonyl (C=O) groups excluding carboxylic acids is 1. The van der Waals surface area contributed by atoms with E-state index in [2.05, 4.69) is 32.6 Å². The number of hydrogen-bond acceptors (Lipinski definition) is 4. The molecule has 1 atom stereocenters. The van der Waals surface area contributed by atoms with E-state index >= 15 is 0 Å². The molecule has 28 heavy (non-hydrogen) atoms. The van der Waals surface area contributed by atoms with Crippen molar-refractivity contribution in [1.29, 1.82) is 0 Å². The molecule has 4 heteroatoms. The van der Waals surface area contributed by atoms with E-state index in [1.54, 1.807) is 0 Å². The predicted octanol–water partition coefficient (Wildman–Crippen LogP) is 4.29. The second-order valence-electron chi connectivity index (χ2n) is 9.25. The molecule has 0 saturated carbocycles. The molecule has 1 aliphatic heterocycles. The fourth-order valence-electron chi connectivity index (χ4n) is 4.81. The van der Waals surface area contributed by atoms with E-state index in [4.69, 9.17) is 4.74 Å². The SMILES string of the molecule is CC1(C)CCC(C)(C)N1CC(O)COc1cccc2c1-c1ccccc1C2=O. The first-order valence-corrected chi connectivity index (χ1v) is 10.1. The van der Waals surface area contributed by atoms with Gasteiger partial charge in [-0.2, -0.15) is 0 Å². The molecule has 2 aromatic rings. The van der Waals surface area contributed by atoms with Gasteiger partial charge in [0.2, 0.25) is 0 Å². The van der Waals surface area contributed by atoms with Crippen molar-refractivity contribution in [3.63, 3.8) is 0 Å². The number of aliphatic hydroxyl groups excluding tert-OH is 1. The van der Waals surface area contributed by atoms with E-state index in [1.165, 1.54) is 0 Å². The van der Waals surface area contributed by atoms with Crippen LogP contribution in [0.3, 0.4) is 0 Å². The maximum atomic E-state index is 12.6. The molecule has 0 bridgehead atoms. The van der Waals surface area contributed by atoms with Crippen molar-refractivity contribution in [2.75, 3.05) is 13.2 Å². The lowest BCUT2D eigenvalue weighted by atomic mass is 10.0. The summed E-state index contributed by atoms with van der Waals surface area (Å²) in [4.78, 5) is 15.0. The quantitative estimate of drug-likeness (QED) is 0.718. The number of β-amino-alcohol motifs (C(OH)–C–C–N with tert-alkyl or cyclic N) is 1. The highest BCUT2D eigenvalue weighted by Gasteiger charge is 2.44. The Morgan fingerprint density at radius 2 is 1.57 bits per heavy atom. The van der Waals surface area contributed by atoms with Crippen LogP contribution in [0.15, 0.2) is 42.5 Å². The van der Waals surface area contributed by atoms with Crippen molar-refractivity contribution < 1.29 is 14.6 Å². The molecular weight excluding hydrogens is 350 g/mol. The molecule has 0 amide bonds. The Morgan fingerprint density at radius 1 is 0.964 bits per heavy atom. The van der Waals surface area contributed by atoms with E-state index in [9.17, 15) is 9.90 Å². The van der Waals surface area contributed by atoms with Crippen LogP contribution in [0.25, 0.3) is 11.1 Å². The van der Waals surface area contributed by atoms with Crippen molar-refractivity contribution in [1.82, 2.24) is 4.90 Å². The van der Waals surface area contributed by atoms with Crippen LogP contribution in [0.5, 0.6) is 5.75 Å². The summed E-state index contributed by atoms with van der Waals surface area (Å²) in [6, 6.07) is 13.2. The van der Waals surface area contributed by atoms with Gasteiger partial charge in [0.05, 0.1) is 0 Å². The molecule has 1 aliphatic carbocycles. The van der Waals surface area contributed by atoms with Crippen LogP contribution in [0, 0.1) is 0 Å². The molecule has 1 heterocycles. The van der Waals surface area contributed by atoms with E-state index in [-0.39, 0.29) is 23.5 Å². The fraction of sp³-hybridized carbons (Fsp3) is 0.458. The van der Waals surface area contributed by atoms with Crippen molar-refractivity contribution in [2.24, 2.45) is 0 Å². The zero-order valence-corrected chi connectivity index (χ0v) is 17.2. The molecule has 4 rings (SSSR count). The van der Waals surface area contributed by atoms with Crippen LogP contribution in [0.4, 0.5) is 0 Å². The standard InChI is InChI=1S/C24H29NO3/c1-23(2)12-13-24(3,4)25(23)14-16(26)15-28-20-11-7-10-19-21(20)17-8-5-6-9-18(17)22(19)27/h5-11,16,26H,12-15H2,1-4H3. The molecule has 2 aromatic carbocycles. The summed E-state index contributed by atoms with van der Waals surface area (Å²) in [5.74, 6) is 0.701. The second-order valence-corrected chi connectivity index (χ2v) is 9.25. The van der Waals surface area contributed by atoms with Crippen molar-refractivity contribution >= 4 is 5.78 Å². The van der Waals surface area contributed by atoms with Crippen LogP contribution in [0.1, 0.15) is 56.5 Å². The Balaban J connectivity index is 1.51. The number of aliphatic hydroxyl groups is 1. The molecule has 0 radical (unpaired) electrons. The van der Waals surface area contributed by atoms with Gasteiger partial charge in [0.25, 0.3) is 0 Å². The highest BCUT2D eigenvalue weighted by atomic mass is 16.5. The molecule has 1 saturated heterocycles. The summed E-state index contributed by atoms with van der Waals surface area (Å²) in [6.07, 6.45) is 1.65. The first-order chi connectivity index (χ1) is 13.2. The number of rotatable bonds is 5. The highest BCUT2D eigenvalue weighted by molar-refractivity contribution is 6.22. The Morgan fingerprint density at radius 3 is 2.25 bits per heavy atom. The average Bonchev–Trinajstić information content (AvgIpc) is 3.07. The molecule has 148 valence electrons. The number of nitrogens with zero attached hydrogens (tertiary/aromatic N) is 1. The van der Waals surface area contributed by atoms with Crippen molar-refractivity contribution in [2.45, 2.75) is 57.7 Å². The Kier molecular flexibility index (Phi) is 4.59. The van der Waals surface area contributed by atoms with Crippen molar-refractivity contribution in [3.8, 4) is 16.9 Å². The number of ether oxygens (including phenoxy) is 1. The molecule has 0 aromatic heterocycles. The van der Waals surface area contributed by atoms with Gasteiger partial charge in [0.15, 0.2) is 5.78 Å². The van der Waals surface area contributed by atoms with E-state index in [1.807, 2.05) is 42.5 Å². The average molecular weight is 380 g/mol. The fourth-order valence-corrected chi connectivity index (χ4v) is 4.81. The van der Waals surface area contributed by atoms with Gasteiger partial charge in [-0.05, 0) is 52.2 Å². The molecule has 1 unspecified atom stereocenters. The zero-order chi connectivity index (χ0) is 20.1. The maximum Gasteiger partial charge on any atom is 0.194 e. The normalized spacial score (nSPS) is 20.7. The number of fused-ring (bicyclic) bond motifs is 3. The minimum atomic E-state index is -0.597. The third-order valence-electron chi connectivity index (χ3n) is 6.35. The first-order valence-electron chi connectivity index (χ1n) is 10.1. The smallest absolute Gasteiger partial charge is 0.194 e. The third kappa shape index (κ3) is 3.15. The predicted molar refractivity (Wildman–Crippen MR) is 111 cm³/mol. The number of likely N-dealkylation sites (tertiary alicyclic amines) is 1. The number of carbonyl (C=O) groups is 1. The monoisotopic (exact) mass is 379 g/mol. The van der Waals surface area contributed by atoms with Crippen LogP contribution in [0.2, 0.25) is 0 Å². The third-order valence-corrected chi connectivity index (χ3v) is 6.35. The van der Waals surface area contributed by atoms with E-state index in [0.717, 1.165) is 29.5 Å². The van der Waals surface area contributed by atoms with Gasteiger partial charge in [-0.25, -0.2) is 0 Å². The first kappa shape index (κ1) is 19.2. The molecular formula is C24H29NO3. The Labute approximate surface area is 167 Å². The minimum Gasteiger partial charge on any atom is -0.490 e. The summed E-state index contributed by atoms with van der Waals surface area (Å²) in [7, 11) is 0. The van der Waals surface area contributed by atoms with Gasteiger partial charge in [-0.1, -0.05) is 36.4 Å². The zero-order valence-electron chi connectivity index (χ0n) is 17.2. The molecule has 4 nitrogen and oxygen atoms in total. The number of benzene rings is 2. The minimum absolute atomic E-state index is 0.0390. The summed E-state index contributed by atoms with van der Waals surface area (Å²) in [5, 5.41) is 10.7. The number of hydrogen-bond donors (Lipinski definition) is 1. The summed E-state index contributed by atoms with van der Waals surface area (Å²) in [6.45, 7) is 9.73. The summed E-state index contributed by atoms with van der Waals surface area (Å²) >= 11 is 0. The van der Waals surface area contributed by atoms with Crippen LogP contribution in [-0.2, 0) is 0 Å². The Hall–Kier alpha value is -2.17. The van der Waals surface area contributed by atoms with Crippen LogP contribution >= 0.6 is 0 Å². The second kappa shape index (κ2) is 6.71. The van der Waals surface area contributed by atoms with E-state index < -0.39 is 6.10 Å². The van der Waals surface area contributed by atoms with Gasteiger partial charge < -0.3 is 9.84 Å². The molecule has 1 N–H and O–H groups in total. The maximum absolute atomic E-state index is 12.6. The lowest BCUT2D eigenvalue weighted by Gasteiger charge is -2.41. The largest absolute Gasteiger partial charge is 0.490 e. The lowest BCUT2D eigenvalue weighted by Crippen LogP contribution is -2.52. The number of ketones is 1. The van der Waals surface area contributed by atoms with Gasteiger partial charge >= 0.3 is 0 Å². The van der Waals surface area contributed by atoms with Gasteiger partial charge in [0, 0.05) is 34.3 Å².